The number of rotatable bonds is 8. The highest BCUT2D eigenvalue weighted by molar-refractivity contribution is 5.67. The van der Waals surface area contributed by atoms with Crippen LogP contribution in [0.25, 0.3) is 0 Å². The number of hydrogen-bond donors (Lipinski definition) is 1. The van der Waals surface area contributed by atoms with Gasteiger partial charge in [-0.25, -0.2) is 4.79 Å². The van der Waals surface area contributed by atoms with Crippen LogP contribution in [-0.4, -0.2) is 32.0 Å². The molecule has 3 rings (SSSR count). The van der Waals surface area contributed by atoms with Gasteiger partial charge in [-0.05, 0) is 43.6 Å². The Bertz CT molecular complexity index is 701. The second-order valence-corrected chi connectivity index (χ2v) is 8.98. The molecule has 0 radical (unpaired) electrons. The molecule has 2 bridgehead atoms. The summed E-state index contributed by atoms with van der Waals surface area (Å²) in [6, 6.07) is 10.6. The number of unbranched alkanes of at least 4 members (excludes halogenated alkanes) is 1. The van der Waals surface area contributed by atoms with Gasteiger partial charge in [-0.2, -0.15) is 0 Å². The Morgan fingerprint density at radius 3 is 2.76 bits per heavy atom. The number of allylic oxidation sites excluding steroid dienone is 1. The highest BCUT2D eigenvalue weighted by Crippen LogP contribution is 2.53. The van der Waals surface area contributed by atoms with Crippen LogP contribution in [0.2, 0.25) is 0 Å². The highest BCUT2D eigenvalue weighted by atomic mass is 16.6. The van der Waals surface area contributed by atoms with Gasteiger partial charge in [0.15, 0.2) is 0 Å². The fraction of sp³-hybridized carbons (Fsp3) is 0.640. The molecule has 1 aromatic rings. The van der Waals surface area contributed by atoms with E-state index in [-0.39, 0.29) is 17.6 Å². The number of hydrogen-bond acceptors (Lipinski definition) is 3. The molecule has 0 unspecified atom stereocenters. The molecule has 5 atom stereocenters. The van der Waals surface area contributed by atoms with Gasteiger partial charge < -0.3 is 14.8 Å². The minimum absolute atomic E-state index is 0.143. The number of fused-ring (bicyclic) bond motifs is 2. The highest BCUT2D eigenvalue weighted by Gasteiger charge is 2.53. The third kappa shape index (κ3) is 4.85. The predicted octanol–water partition coefficient (Wildman–Crippen LogP) is 5.38. The second-order valence-electron chi connectivity index (χ2n) is 8.98. The predicted molar refractivity (Wildman–Crippen MR) is 117 cm³/mol. The minimum atomic E-state index is -0.304. The normalized spacial score (nSPS) is 31.1. The van der Waals surface area contributed by atoms with E-state index < -0.39 is 0 Å². The van der Waals surface area contributed by atoms with Crippen molar-refractivity contribution in [2.24, 2.45) is 23.2 Å². The van der Waals surface area contributed by atoms with E-state index in [1.54, 1.807) is 0 Å². The van der Waals surface area contributed by atoms with Crippen LogP contribution < -0.4 is 5.32 Å². The molecule has 1 fully saturated rings. The van der Waals surface area contributed by atoms with Gasteiger partial charge in [0, 0.05) is 17.9 Å². The summed E-state index contributed by atoms with van der Waals surface area (Å²) in [6.07, 6.45) is 6.39. The van der Waals surface area contributed by atoms with Crippen molar-refractivity contribution in [1.82, 2.24) is 5.32 Å². The first-order valence-electron chi connectivity index (χ1n) is 11.2. The first-order chi connectivity index (χ1) is 14.0. The molecule has 1 saturated heterocycles. The summed E-state index contributed by atoms with van der Waals surface area (Å²) >= 11 is 0. The number of carbonyl (C=O) groups excluding carboxylic acids is 1. The Hall–Kier alpha value is -1.81. The maximum absolute atomic E-state index is 12.1. The van der Waals surface area contributed by atoms with Crippen molar-refractivity contribution >= 4 is 6.09 Å². The molecule has 0 spiro atoms. The summed E-state index contributed by atoms with van der Waals surface area (Å²) in [5, 5.41) is 2.86. The van der Waals surface area contributed by atoms with Crippen LogP contribution in [-0.2, 0) is 15.9 Å². The molecule has 1 heterocycles. The lowest BCUT2D eigenvalue weighted by Gasteiger charge is -2.55. The molecule has 1 amide bonds. The zero-order valence-electron chi connectivity index (χ0n) is 18.4. The number of alkyl carbamates (subject to hydrolysis) is 1. The van der Waals surface area contributed by atoms with E-state index in [4.69, 9.17) is 9.47 Å². The lowest BCUT2D eigenvalue weighted by molar-refractivity contribution is -0.164. The lowest BCUT2D eigenvalue weighted by Crippen LogP contribution is -2.57. The van der Waals surface area contributed by atoms with Crippen LogP contribution in [0.1, 0.15) is 52.5 Å². The molecular formula is C25H37NO3. The summed E-state index contributed by atoms with van der Waals surface area (Å²) in [7, 11) is 0. The number of amides is 1. The van der Waals surface area contributed by atoms with Crippen LogP contribution in [0.4, 0.5) is 4.79 Å². The summed E-state index contributed by atoms with van der Waals surface area (Å²) < 4.78 is 12.1. The summed E-state index contributed by atoms with van der Waals surface area (Å²) in [5.74, 6) is 1.13. The van der Waals surface area contributed by atoms with Crippen molar-refractivity contribution in [3.8, 4) is 0 Å². The molecule has 0 saturated carbocycles. The van der Waals surface area contributed by atoms with Crippen molar-refractivity contribution in [1.29, 1.82) is 0 Å². The van der Waals surface area contributed by atoms with Gasteiger partial charge in [0.2, 0.25) is 0 Å². The largest absolute Gasteiger partial charge is 0.449 e. The Morgan fingerprint density at radius 1 is 1.28 bits per heavy atom. The van der Waals surface area contributed by atoms with Crippen LogP contribution in [0, 0.1) is 23.2 Å². The van der Waals surface area contributed by atoms with E-state index in [9.17, 15) is 4.79 Å². The van der Waals surface area contributed by atoms with E-state index in [1.165, 1.54) is 11.1 Å². The number of ether oxygens (including phenoxy) is 2. The topological polar surface area (TPSA) is 47.6 Å². The Morgan fingerprint density at radius 2 is 2.03 bits per heavy atom. The number of aryl methyl sites for hydroxylation is 1. The number of benzene rings is 1. The maximum atomic E-state index is 12.1. The van der Waals surface area contributed by atoms with Crippen molar-refractivity contribution in [3.63, 3.8) is 0 Å². The summed E-state index contributed by atoms with van der Waals surface area (Å²) in [5.41, 5.74) is 2.64. The molecule has 4 nitrogen and oxygen atoms in total. The standard InChI is InChI=1S/C25H37NO3/c1-5-6-14-26-24(27)29-17-25-16-28-22(13-12-21-10-8-7-9-11-21)23(20(25)4)18(2)15-19(25)3/h7-11,15,19-20,22-23H,5-6,12-14,16-17H2,1-4H3,(H,26,27)/t19-,20-,22+,23-,25-/m0/s1. The smallest absolute Gasteiger partial charge is 0.407 e. The lowest BCUT2D eigenvalue weighted by atomic mass is 9.56. The molecule has 1 N–H and O–H groups in total. The quantitative estimate of drug-likeness (QED) is 0.472. The van der Waals surface area contributed by atoms with Gasteiger partial charge in [-0.15, -0.1) is 0 Å². The third-order valence-electron chi connectivity index (χ3n) is 7.19. The van der Waals surface area contributed by atoms with Gasteiger partial charge in [0.1, 0.15) is 6.61 Å². The van der Waals surface area contributed by atoms with E-state index in [0.717, 1.165) is 25.7 Å². The van der Waals surface area contributed by atoms with Gasteiger partial charge in [0.05, 0.1) is 12.7 Å². The van der Waals surface area contributed by atoms with Gasteiger partial charge in [-0.3, -0.25) is 0 Å². The SMILES string of the molecule is CCCCNC(=O)OC[C@@]12CO[C@H](CCc3ccccc3)[C@@H](C(C)=C[C@@H]1C)[C@@H]2C. The van der Waals surface area contributed by atoms with Crippen molar-refractivity contribution < 1.29 is 14.3 Å². The van der Waals surface area contributed by atoms with E-state index >= 15 is 0 Å². The first-order valence-corrected chi connectivity index (χ1v) is 11.2. The summed E-state index contributed by atoms with van der Waals surface area (Å²) in [6.45, 7) is 10.7. The van der Waals surface area contributed by atoms with Gasteiger partial charge in [-0.1, -0.05) is 69.2 Å². The Balaban J connectivity index is 1.65. The summed E-state index contributed by atoms with van der Waals surface area (Å²) in [4.78, 5) is 12.1. The van der Waals surface area contributed by atoms with E-state index in [2.05, 4.69) is 69.4 Å². The molecular weight excluding hydrogens is 362 g/mol. The third-order valence-corrected chi connectivity index (χ3v) is 7.19. The monoisotopic (exact) mass is 399 g/mol. The molecule has 160 valence electrons. The molecule has 1 aromatic carbocycles. The van der Waals surface area contributed by atoms with Crippen molar-refractivity contribution in [2.45, 2.75) is 59.5 Å². The number of carbonyl (C=O) groups is 1. The molecule has 1 aliphatic heterocycles. The van der Waals surface area contributed by atoms with E-state index in [0.29, 0.717) is 37.5 Å². The van der Waals surface area contributed by atoms with Crippen LogP contribution in [0.15, 0.2) is 42.0 Å². The van der Waals surface area contributed by atoms with Crippen molar-refractivity contribution in [3.05, 3.63) is 47.5 Å². The Kier molecular flexibility index (Phi) is 7.39. The average Bonchev–Trinajstić information content (AvgIpc) is 2.71. The molecule has 0 aromatic heterocycles. The van der Waals surface area contributed by atoms with Crippen molar-refractivity contribution in [2.75, 3.05) is 19.8 Å². The zero-order valence-corrected chi connectivity index (χ0v) is 18.4. The first kappa shape index (κ1) is 21.9. The average molecular weight is 400 g/mol. The van der Waals surface area contributed by atoms with E-state index in [1.807, 2.05) is 0 Å². The van der Waals surface area contributed by atoms with Gasteiger partial charge in [0.25, 0.3) is 0 Å². The zero-order chi connectivity index (χ0) is 20.9. The Labute approximate surface area is 176 Å². The molecule has 1 aliphatic carbocycles. The van der Waals surface area contributed by atoms with Crippen LogP contribution in [0.5, 0.6) is 0 Å². The fourth-order valence-electron chi connectivity index (χ4n) is 5.22. The fourth-order valence-corrected chi connectivity index (χ4v) is 5.22. The molecule has 4 heteroatoms. The van der Waals surface area contributed by atoms with Crippen LogP contribution >= 0.6 is 0 Å². The van der Waals surface area contributed by atoms with Crippen LogP contribution in [0.3, 0.4) is 0 Å². The second kappa shape index (κ2) is 9.80. The number of nitrogens with one attached hydrogen (secondary N) is 1. The van der Waals surface area contributed by atoms with Gasteiger partial charge >= 0.3 is 6.09 Å². The molecule has 2 aliphatic rings. The maximum Gasteiger partial charge on any atom is 0.407 e. The molecule has 29 heavy (non-hydrogen) atoms. The minimum Gasteiger partial charge on any atom is -0.449 e.